The van der Waals surface area contributed by atoms with Crippen molar-refractivity contribution in [3.8, 4) is 44.5 Å². The molecule has 0 aliphatic carbocycles. The molecule has 0 saturated carbocycles. The smallest absolute Gasteiger partial charge is 0.163 e. The number of methoxy groups -OCH3 is 3. The van der Waals surface area contributed by atoms with Gasteiger partial charge in [-0.3, -0.25) is 14.4 Å². The fourth-order valence-corrected chi connectivity index (χ4v) is 18.0. The van der Waals surface area contributed by atoms with Crippen LogP contribution in [0.4, 0.5) is 51.2 Å². The Morgan fingerprint density at radius 2 is 0.528 bits per heavy atom. The van der Waals surface area contributed by atoms with Crippen molar-refractivity contribution in [1.82, 2.24) is 0 Å². The molecule has 18 rings (SSSR count). The van der Waals surface area contributed by atoms with Gasteiger partial charge >= 0.3 is 0 Å². The summed E-state index contributed by atoms with van der Waals surface area (Å²) < 4.78 is 16.6. The van der Waals surface area contributed by atoms with E-state index in [0.717, 1.165) is 117 Å². The topological polar surface area (TPSA) is 88.6 Å². The summed E-state index contributed by atoms with van der Waals surface area (Å²) in [5.74, 6) is 1.84. The first kappa shape index (κ1) is 85.1. The van der Waals surface area contributed by atoms with Crippen molar-refractivity contribution in [2.75, 3.05) is 36.0 Å². The zero-order valence-corrected chi connectivity index (χ0v) is 74.1. The SMILES string of the molecule is CO/C(C)=C(\C(C)=O)c1c(C)c(C)c(N(c2ccc(-c3ccccc3)cc2)c2ccc(-c3ccccc3)cc2)c(C)c1C.CO/C(C)=C(\C(C)=O)c1ccc(N(c2ccc(-c3ccccc3)cc2)c2ccc(-c3ccccc3)cc2)cc1.CO/C(C)=C(\C(C)=O)c1ccc2ccc3c(N(c4cccc5ccccc45)c4cccc5ccccc45)ccc4ccc1c2c43. The molecule has 18 aromatic rings. The van der Waals surface area contributed by atoms with Crippen LogP contribution in [0.1, 0.15) is 80.5 Å². The van der Waals surface area contributed by atoms with Crippen molar-refractivity contribution in [2.45, 2.75) is 69.2 Å². The third kappa shape index (κ3) is 17.3. The highest BCUT2D eigenvalue weighted by atomic mass is 16.5. The minimum Gasteiger partial charge on any atom is -0.501 e. The van der Waals surface area contributed by atoms with Gasteiger partial charge in [0.1, 0.15) is 17.3 Å². The average molecular weight is 1660 g/mol. The molecule has 0 radical (unpaired) electrons. The van der Waals surface area contributed by atoms with Crippen molar-refractivity contribution < 1.29 is 28.6 Å². The maximum absolute atomic E-state index is 12.9. The molecule has 9 heteroatoms. The summed E-state index contributed by atoms with van der Waals surface area (Å²) in [6.07, 6.45) is 0. The van der Waals surface area contributed by atoms with E-state index >= 15 is 0 Å². The monoisotopic (exact) mass is 1660 g/mol. The molecule has 9 nitrogen and oxygen atoms in total. The van der Waals surface area contributed by atoms with Crippen LogP contribution >= 0.6 is 0 Å². The summed E-state index contributed by atoms with van der Waals surface area (Å²) >= 11 is 0. The summed E-state index contributed by atoms with van der Waals surface area (Å²) in [4.78, 5) is 45.2. The van der Waals surface area contributed by atoms with Crippen LogP contribution < -0.4 is 14.7 Å². The average Bonchev–Trinajstić information content (AvgIpc) is 0.719. The van der Waals surface area contributed by atoms with Crippen molar-refractivity contribution in [3.05, 3.63) is 432 Å². The predicted molar refractivity (Wildman–Crippen MR) is 534 cm³/mol. The van der Waals surface area contributed by atoms with Gasteiger partial charge in [-0.25, -0.2) is 0 Å². The van der Waals surface area contributed by atoms with Gasteiger partial charge in [0.15, 0.2) is 17.3 Å². The Bertz CT molecular complexity index is 6900. The maximum Gasteiger partial charge on any atom is 0.163 e. The van der Waals surface area contributed by atoms with Crippen LogP contribution in [-0.2, 0) is 28.6 Å². The van der Waals surface area contributed by atoms with Gasteiger partial charge < -0.3 is 28.9 Å². The third-order valence-corrected chi connectivity index (χ3v) is 24.6. The number of Topliss-reactive ketones (excluding diaryl/α,β-unsaturated/α-hetero) is 3. The summed E-state index contributed by atoms with van der Waals surface area (Å²) in [5.41, 5.74) is 28.1. The molecule has 0 amide bonds. The van der Waals surface area contributed by atoms with Gasteiger partial charge in [0.05, 0.1) is 60.8 Å². The summed E-state index contributed by atoms with van der Waals surface area (Å²) in [5, 5.41) is 11.6. The minimum absolute atomic E-state index is 0.00181. The maximum atomic E-state index is 12.9. The zero-order chi connectivity index (χ0) is 88.5. The molecule has 0 bridgehead atoms. The van der Waals surface area contributed by atoms with Crippen LogP contribution in [-0.4, -0.2) is 38.7 Å². The van der Waals surface area contributed by atoms with Crippen LogP contribution in [0.5, 0.6) is 0 Å². The van der Waals surface area contributed by atoms with E-state index in [2.05, 4.69) is 382 Å². The number of carbonyl (C=O) groups excluding carboxylic acids is 3. The fraction of sp³-hybridized carbons (Fsp3) is 0.110. The van der Waals surface area contributed by atoms with Gasteiger partial charge in [0.2, 0.25) is 0 Å². The number of nitrogens with zero attached hydrogens (tertiary/aromatic N) is 3. The molecule has 0 unspecified atom stereocenters. The number of rotatable bonds is 22. The molecule has 0 atom stereocenters. The Kier molecular flexibility index (Phi) is 25.3. The molecule has 0 N–H and O–H groups in total. The number of benzene rings is 18. The summed E-state index contributed by atoms with van der Waals surface area (Å²) in [6.45, 7) is 18.9. The molecule has 0 saturated heterocycles. The minimum atomic E-state index is -0.0213. The van der Waals surface area contributed by atoms with Crippen LogP contribution in [0, 0.1) is 27.7 Å². The Labute approximate surface area is 745 Å². The van der Waals surface area contributed by atoms with E-state index in [1.807, 2.05) is 57.2 Å². The van der Waals surface area contributed by atoms with Crippen molar-refractivity contribution in [3.63, 3.8) is 0 Å². The molecule has 18 aromatic carbocycles. The third-order valence-electron chi connectivity index (χ3n) is 24.6. The quantitative estimate of drug-likeness (QED) is 0.0374. The first-order valence-electron chi connectivity index (χ1n) is 43.0. The van der Waals surface area contributed by atoms with E-state index in [-0.39, 0.29) is 17.3 Å². The lowest BCUT2D eigenvalue weighted by molar-refractivity contribution is -0.112. The van der Waals surface area contributed by atoms with Gasteiger partial charge in [-0.05, 0) is 269 Å². The number of hydrogen-bond donors (Lipinski definition) is 0. The molecular weight excluding hydrogens is 1560 g/mol. The first-order chi connectivity index (χ1) is 61.8. The van der Waals surface area contributed by atoms with E-state index < -0.39 is 0 Å². The molecule has 0 fully saturated rings. The molecule has 0 aliphatic rings. The van der Waals surface area contributed by atoms with Crippen LogP contribution in [0.25, 0.3) is 115 Å². The first-order valence-corrected chi connectivity index (χ1v) is 43.0. The van der Waals surface area contributed by atoms with E-state index in [4.69, 9.17) is 14.2 Å². The standard InChI is InChI=1S/C42H31NO2.C40H39NO2.C36H31NO2/c1-26(44)40(27(2)45-3)34-22-18-30-20-24-36-39(25-21-31-19-23-35(34)41(30)42(31)36)43(37-16-8-12-28-10-4-6-14-32(28)37)38-17-9-13-29-11-5-7-15-33(29)38;1-26-28(3)40(29(4)27(2)38(26)39(30(5)42)31(6)43-7)41(36-22-18-34(19-23-36)32-14-10-8-11-15-32)37-24-20-35(21-25-37)33-16-12-9-13-17-33;1-26(38)36(27(2)39-3)32-18-24-35(25-19-32)37(33-20-14-30(15-21-33)28-10-6-4-7-11-28)34-22-16-31(17-23-34)29-12-8-5-9-13-29/h4-25H,1-3H3;8-25H,1-7H3;4-25H,1-3H3/b40-27+;39-31+;36-27+. The zero-order valence-electron chi connectivity index (χ0n) is 74.1. The number of ether oxygens (including phenoxy) is 3. The Morgan fingerprint density at radius 1 is 0.228 bits per heavy atom. The second-order valence-corrected chi connectivity index (χ2v) is 32.1. The second kappa shape index (κ2) is 37.7. The van der Waals surface area contributed by atoms with Gasteiger partial charge in [0, 0.05) is 44.6 Å². The lowest BCUT2D eigenvalue weighted by atomic mass is 9.85. The number of hydrogen-bond acceptors (Lipinski definition) is 9. The van der Waals surface area contributed by atoms with Gasteiger partial charge in [-0.15, -0.1) is 0 Å². The number of carbonyl (C=O) groups is 3. The largest absolute Gasteiger partial charge is 0.501 e. The number of fused-ring (bicyclic) bond motifs is 2. The van der Waals surface area contributed by atoms with E-state index in [1.54, 1.807) is 42.1 Å². The van der Waals surface area contributed by atoms with Gasteiger partial charge in [-0.2, -0.15) is 0 Å². The lowest BCUT2D eigenvalue weighted by Gasteiger charge is -2.32. The van der Waals surface area contributed by atoms with E-state index in [9.17, 15) is 14.4 Å². The molecular formula is C118H101N3O6. The predicted octanol–water partition coefficient (Wildman–Crippen LogP) is 31.5. The highest BCUT2D eigenvalue weighted by Gasteiger charge is 2.29. The highest BCUT2D eigenvalue weighted by molar-refractivity contribution is 6.31. The normalized spacial score (nSPS) is 11.8. The molecule has 0 spiro atoms. The summed E-state index contributed by atoms with van der Waals surface area (Å²) in [7, 11) is 4.83. The molecule has 127 heavy (non-hydrogen) atoms. The lowest BCUT2D eigenvalue weighted by Crippen LogP contribution is -2.16. The molecule has 0 heterocycles. The Hall–Kier alpha value is -15.5. The van der Waals surface area contributed by atoms with Gasteiger partial charge in [0.25, 0.3) is 0 Å². The van der Waals surface area contributed by atoms with E-state index in [0.29, 0.717) is 34.0 Å². The van der Waals surface area contributed by atoms with Crippen molar-refractivity contribution in [2.24, 2.45) is 0 Å². The summed E-state index contributed by atoms with van der Waals surface area (Å²) in [6, 6.07) is 132. The molecule has 0 aliphatic heterocycles. The number of allylic oxidation sites excluding steroid dienone is 6. The van der Waals surface area contributed by atoms with Crippen LogP contribution in [0.3, 0.4) is 0 Å². The Morgan fingerprint density at radius 3 is 0.913 bits per heavy atom. The molecule has 0 aromatic heterocycles. The highest BCUT2D eigenvalue weighted by Crippen LogP contribution is 2.50. The number of anilines is 9. The number of ketones is 3. The Balaban J connectivity index is 0.000000141. The van der Waals surface area contributed by atoms with Crippen molar-refractivity contribution in [1.29, 1.82) is 0 Å². The van der Waals surface area contributed by atoms with Gasteiger partial charge in [-0.1, -0.05) is 297 Å². The van der Waals surface area contributed by atoms with Crippen LogP contribution in [0.2, 0.25) is 0 Å². The fourth-order valence-electron chi connectivity index (χ4n) is 18.0. The second-order valence-electron chi connectivity index (χ2n) is 32.1. The van der Waals surface area contributed by atoms with Crippen LogP contribution in [0.15, 0.2) is 393 Å². The van der Waals surface area contributed by atoms with Crippen molar-refractivity contribution >= 4 is 139 Å². The molecule has 624 valence electrons. The van der Waals surface area contributed by atoms with E-state index in [1.165, 1.54) is 71.4 Å².